The zero-order valence-electron chi connectivity index (χ0n) is 12.8. The van der Waals surface area contributed by atoms with Gasteiger partial charge in [0.25, 0.3) is 0 Å². The number of rotatable bonds is 7. The Morgan fingerprint density at radius 1 is 1.22 bits per heavy atom. The molecule has 0 fully saturated rings. The van der Waals surface area contributed by atoms with Crippen molar-refractivity contribution in [3.05, 3.63) is 57.8 Å². The third-order valence-electron chi connectivity index (χ3n) is 3.01. The number of nitriles is 1. The number of hydrogen-bond acceptors (Lipinski definition) is 4. The molecule has 5 heteroatoms. The second kappa shape index (κ2) is 9.09. The molecule has 0 aliphatic carbocycles. The molecule has 0 N–H and O–H groups in total. The van der Waals surface area contributed by atoms with Crippen molar-refractivity contribution in [1.82, 2.24) is 4.98 Å². The second-order valence-electron chi connectivity index (χ2n) is 4.64. The fourth-order valence-corrected chi connectivity index (χ4v) is 2.30. The van der Waals surface area contributed by atoms with Crippen LogP contribution in [0.1, 0.15) is 23.7 Å². The van der Waals surface area contributed by atoms with Crippen LogP contribution >= 0.6 is 15.9 Å². The van der Waals surface area contributed by atoms with Crippen molar-refractivity contribution >= 4 is 28.1 Å². The van der Waals surface area contributed by atoms with Crippen molar-refractivity contribution in [2.45, 2.75) is 6.92 Å². The lowest BCUT2D eigenvalue weighted by Gasteiger charge is -2.09. The molecule has 0 unspecified atom stereocenters. The number of halogens is 1. The summed E-state index contributed by atoms with van der Waals surface area (Å²) in [6.07, 6.45) is 5.40. The number of ether oxygens (including phenoxy) is 2. The first-order chi connectivity index (χ1) is 11.2. The Morgan fingerprint density at radius 3 is 2.87 bits per heavy atom. The third-order valence-corrected chi connectivity index (χ3v) is 3.50. The molecule has 118 valence electrons. The molecule has 1 heterocycles. The first-order valence-corrected chi connectivity index (χ1v) is 8.06. The summed E-state index contributed by atoms with van der Waals surface area (Å²) < 4.78 is 12.0. The predicted molar refractivity (Wildman–Crippen MR) is 94.0 cm³/mol. The monoisotopic (exact) mass is 372 g/mol. The Bertz CT molecular complexity index is 723. The van der Waals surface area contributed by atoms with Gasteiger partial charge in [-0.3, -0.25) is 4.98 Å². The van der Waals surface area contributed by atoms with Crippen molar-refractivity contribution in [1.29, 1.82) is 5.26 Å². The van der Waals surface area contributed by atoms with E-state index in [9.17, 15) is 0 Å². The van der Waals surface area contributed by atoms with Gasteiger partial charge in [-0.05, 0) is 49.4 Å². The number of pyridine rings is 1. The van der Waals surface area contributed by atoms with E-state index in [1.54, 1.807) is 18.3 Å². The Balaban J connectivity index is 2.15. The van der Waals surface area contributed by atoms with Crippen molar-refractivity contribution in [3.63, 3.8) is 0 Å². The molecular weight excluding hydrogens is 356 g/mol. The van der Waals surface area contributed by atoms with Crippen LogP contribution in [0.15, 0.2) is 41.0 Å². The standard InChI is InChI=1S/C18H17BrN2O2/c1-2-22-9-10-23-18-6-4-16(19)12-15(18)3-5-17-11-14(13-20)7-8-21-17/h3-8,11-12H,2,9-10H2,1H3. The highest BCUT2D eigenvalue weighted by Gasteiger charge is 2.02. The van der Waals surface area contributed by atoms with Gasteiger partial charge in [-0.15, -0.1) is 0 Å². The molecule has 1 aromatic heterocycles. The maximum absolute atomic E-state index is 8.93. The first kappa shape index (κ1) is 17.2. The van der Waals surface area contributed by atoms with Crippen LogP contribution in [0.25, 0.3) is 12.2 Å². The molecule has 2 rings (SSSR count). The van der Waals surface area contributed by atoms with Gasteiger partial charge in [0.15, 0.2) is 0 Å². The summed E-state index contributed by atoms with van der Waals surface area (Å²) >= 11 is 3.47. The van der Waals surface area contributed by atoms with Crippen LogP contribution in [-0.2, 0) is 4.74 Å². The second-order valence-corrected chi connectivity index (χ2v) is 5.56. The molecule has 0 radical (unpaired) electrons. The van der Waals surface area contributed by atoms with Crippen LogP contribution in [-0.4, -0.2) is 24.8 Å². The molecule has 1 aromatic carbocycles. The highest BCUT2D eigenvalue weighted by atomic mass is 79.9. The van der Waals surface area contributed by atoms with E-state index >= 15 is 0 Å². The minimum atomic E-state index is 0.498. The minimum absolute atomic E-state index is 0.498. The van der Waals surface area contributed by atoms with Gasteiger partial charge in [-0.2, -0.15) is 5.26 Å². The average molecular weight is 373 g/mol. The highest BCUT2D eigenvalue weighted by Crippen LogP contribution is 2.25. The van der Waals surface area contributed by atoms with Crippen LogP contribution < -0.4 is 4.74 Å². The Labute approximate surface area is 144 Å². The van der Waals surface area contributed by atoms with E-state index in [2.05, 4.69) is 27.0 Å². The largest absolute Gasteiger partial charge is 0.491 e. The fourth-order valence-electron chi connectivity index (χ4n) is 1.92. The molecule has 0 aliphatic heterocycles. The summed E-state index contributed by atoms with van der Waals surface area (Å²) in [4.78, 5) is 4.23. The quantitative estimate of drug-likeness (QED) is 0.679. The first-order valence-electron chi connectivity index (χ1n) is 7.27. The maximum Gasteiger partial charge on any atom is 0.126 e. The number of benzene rings is 1. The smallest absolute Gasteiger partial charge is 0.126 e. The predicted octanol–water partition coefficient (Wildman–Crippen LogP) is 4.30. The molecule has 0 saturated carbocycles. The van der Waals surface area contributed by atoms with Crippen molar-refractivity contribution in [2.24, 2.45) is 0 Å². The fraction of sp³-hybridized carbons (Fsp3) is 0.222. The van der Waals surface area contributed by atoms with Gasteiger partial charge < -0.3 is 9.47 Å². The van der Waals surface area contributed by atoms with Crippen molar-refractivity contribution < 1.29 is 9.47 Å². The maximum atomic E-state index is 8.93. The average Bonchev–Trinajstić information content (AvgIpc) is 2.58. The molecule has 0 atom stereocenters. The van der Waals surface area contributed by atoms with Crippen LogP contribution in [0, 0.1) is 11.3 Å². The summed E-state index contributed by atoms with van der Waals surface area (Å²) in [6.45, 7) is 3.69. The summed E-state index contributed by atoms with van der Waals surface area (Å²) in [5.41, 5.74) is 2.24. The van der Waals surface area contributed by atoms with E-state index in [4.69, 9.17) is 14.7 Å². The van der Waals surface area contributed by atoms with E-state index in [0.717, 1.165) is 21.5 Å². The van der Waals surface area contributed by atoms with Crippen molar-refractivity contribution in [2.75, 3.05) is 19.8 Å². The Kier molecular flexibility index (Phi) is 6.79. The molecule has 0 aliphatic rings. The van der Waals surface area contributed by atoms with E-state index in [1.807, 2.05) is 37.3 Å². The lowest BCUT2D eigenvalue weighted by molar-refractivity contribution is 0.110. The van der Waals surface area contributed by atoms with Crippen molar-refractivity contribution in [3.8, 4) is 11.8 Å². The topological polar surface area (TPSA) is 55.1 Å². The SMILES string of the molecule is CCOCCOc1ccc(Br)cc1C=Cc1cc(C#N)ccn1. The Morgan fingerprint density at radius 2 is 2.09 bits per heavy atom. The van der Waals surface area contributed by atoms with E-state index in [1.165, 1.54) is 0 Å². The zero-order chi connectivity index (χ0) is 16.5. The molecule has 23 heavy (non-hydrogen) atoms. The lowest BCUT2D eigenvalue weighted by atomic mass is 10.1. The molecule has 0 amide bonds. The molecule has 0 spiro atoms. The van der Waals surface area contributed by atoms with Crippen LogP contribution in [0.5, 0.6) is 5.75 Å². The van der Waals surface area contributed by atoms with Gasteiger partial charge in [0, 0.05) is 22.8 Å². The van der Waals surface area contributed by atoms with E-state index in [-0.39, 0.29) is 0 Å². The highest BCUT2D eigenvalue weighted by molar-refractivity contribution is 9.10. The van der Waals surface area contributed by atoms with Gasteiger partial charge in [0.2, 0.25) is 0 Å². The lowest BCUT2D eigenvalue weighted by Crippen LogP contribution is -2.06. The van der Waals surface area contributed by atoms with Gasteiger partial charge in [-0.25, -0.2) is 0 Å². The van der Waals surface area contributed by atoms with Crippen LogP contribution in [0.4, 0.5) is 0 Å². The van der Waals surface area contributed by atoms with Gasteiger partial charge >= 0.3 is 0 Å². The van der Waals surface area contributed by atoms with E-state index in [0.29, 0.717) is 25.4 Å². The number of hydrogen-bond donors (Lipinski definition) is 0. The summed E-state index contributed by atoms with van der Waals surface area (Å²) in [6, 6.07) is 11.3. The number of aromatic nitrogens is 1. The zero-order valence-corrected chi connectivity index (χ0v) is 14.4. The summed E-state index contributed by atoms with van der Waals surface area (Å²) in [5.74, 6) is 0.778. The third kappa shape index (κ3) is 5.51. The molecule has 2 aromatic rings. The van der Waals surface area contributed by atoms with Gasteiger partial charge in [-0.1, -0.05) is 15.9 Å². The molecule has 0 bridgehead atoms. The Hall–Kier alpha value is -2.16. The van der Waals surface area contributed by atoms with Crippen LogP contribution in [0.3, 0.4) is 0 Å². The normalized spacial score (nSPS) is 10.7. The molecular formula is C18H17BrN2O2. The summed E-state index contributed by atoms with van der Waals surface area (Å²) in [5, 5.41) is 8.93. The number of nitrogens with zero attached hydrogens (tertiary/aromatic N) is 2. The van der Waals surface area contributed by atoms with Crippen LogP contribution in [0.2, 0.25) is 0 Å². The minimum Gasteiger partial charge on any atom is -0.491 e. The van der Waals surface area contributed by atoms with Gasteiger partial charge in [0.1, 0.15) is 12.4 Å². The molecule has 4 nitrogen and oxygen atoms in total. The van der Waals surface area contributed by atoms with E-state index < -0.39 is 0 Å². The van der Waals surface area contributed by atoms with Gasteiger partial charge in [0.05, 0.1) is 23.9 Å². The summed E-state index contributed by atoms with van der Waals surface area (Å²) in [7, 11) is 0. The molecule has 0 saturated heterocycles.